The van der Waals surface area contributed by atoms with Gasteiger partial charge < -0.3 is 15.0 Å². The molecule has 8 heteroatoms. The highest BCUT2D eigenvalue weighted by atomic mass is 19.4. The monoisotopic (exact) mass is 332 g/mol. The van der Waals surface area contributed by atoms with Crippen LogP contribution in [0.25, 0.3) is 0 Å². The Kier molecular flexibility index (Phi) is 6.41. The van der Waals surface area contributed by atoms with Gasteiger partial charge in [0.2, 0.25) is 5.91 Å². The zero-order valence-corrected chi connectivity index (χ0v) is 13.1. The Bertz CT molecular complexity index is 559. The molecule has 0 aliphatic rings. The van der Waals surface area contributed by atoms with Crippen molar-refractivity contribution < 1.29 is 27.5 Å². The van der Waals surface area contributed by atoms with Crippen LogP contribution in [0.4, 0.5) is 13.2 Å². The van der Waals surface area contributed by atoms with Gasteiger partial charge in [-0.1, -0.05) is 6.07 Å². The smallest absolute Gasteiger partial charge is 0.416 e. The molecule has 0 atom stereocenters. The number of hydrogen-bond donors (Lipinski definition) is 1. The molecule has 23 heavy (non-hydrogen) atoms. The Morgan fingerprint density at radius 2 is 1.96 bits per heavy atom. The number of rotatable bonds is 6. The first-order chi connectivity index (χ1) is 10.6. The van der Waals surface area contributed by atoms with Crippen molar-refractivity contribution in [2.45, 2.75) is 26.1 Å². The molecule has 0 unspecified atom stereocenters. The fraction of sp³-hybridized carbons (Fsp3) is 0.467. The van der Waals surface area contributed by atoms with Crippen molar-refractivity contribution >= 4 is 11.8 Å². The van der Waals surface area contributed by atoms with Crippen LogP contribution in [0.3, 0.4) is 0 Å². The van der Waals surface area contributed by atoms with Gasteiger partial charge in [-0.05, 0) is 32.0 Å². The normalized spacial score (nSPS) is 11.3. The Labute approximate surface area is 132 Å². The molecule has 1 rings (SSSR count). The molecule has 2 amide bonds. The van der Waals surface area contributed by atoms with E-state index in [0.717, 1.165) is 17.0 Å². The summed E-state index contributed by atoms with van der Waals surface area (Å²) in [5.41, 5.74) is -0.855. The Balaban J connectivity index is 2.54. The quantitative estimate of drug-likeness (QED) is 0.868. The van der Waals surface area contributed by atoms with Crippen molar-refractivity contribution in [3.05, 3.63) is 29.8 Å². The van der Waals surface area contributed by atoms with E-state index in [4.69, 9.17) is 4.74 Å². The molecule has 0 aliphatic carbocycles. The summed E-state index contributed by atoms with van der Waals surface area (Å²) in [6, 6.07) is 4.21. The van der Waals surface area contributed by atoms with Crippen molar-refractivity contribution in [2.24, 2.45) is 0 Å². The zero-order valence-electron chi connectivity index (χ0n) is 13.1. The number of likely N-dealkylation sites (N-methyl/N-ethyl adjacent to an activating group) is 1. The largest absolute Gasteiger partial charge is 0.484 e. The molecule has 1 N–H and O–H groups in total. The molecule has 0 heterocycles. The van der Waals surface area contributed by atoms with Crippen LogP contribution in [-0.4, -0.2) is 43.0 Å². The summed E-state index contributed by atoms with van der Waals surface area (Å²) in [5, 5.41) is 2.63. The highest BCUT2D eigenvalue weighted by Gasteiger charge is 2.30. The third-order valence-electron chi connectivity index (χ3n) is 2.78. The van der Waals surface area contributed by atoms with Gasteiger partial charge in [0, 0.05) is 13.1 Å². The number of amides is 2. The van der Waals surface area contributed by atoms with Gasteiger partial charge in [0.25, 0.3) is 5.91 Å². The number of carbonyl (C=O) groups excluding carboxylic acids is 2. The highest BCUT2D eigenvalue weighted by Crippen LogP contribution is 2.31. The second kappa shape index (κ2) is 7.85. The number of hydrogen-bond acceptors (Lipinski definition) is 3. The number of alkyl halides is 3. The molecular weight excluding hydrogens is 313 g/mol. The first-order valence-corrected chi connectivity index (χ1v) is 6.93. The van der Waals surface area contributed by atoms with Gasteiger partial charge in [-0.3, -0.25) is 9.59 Å². The van der Waals surface area contributed by atoms with Crippen molar-refractivity contribution in [1.82, 2.24) is 10.2 Å². The summed E-state index contributed by atoms with van der Waals surface area (Å²) in [6.07, 6.45) is -4.48. The molecule has 5 nitrogen and oxygen atoms in total. The maximum Gasteiger partial charge on any atom is 0.416 e. The summed E-state index contributed by atoms with van der Waals surface area (Å²) in [7, 11) is 1.41. The van der Waals surface area contributed by atoms with E-state index in [0.29, 0.717) is 0 Å². The van der Waals surface area contributed by atoms with E-state index in [1.165, 1.54) is 19.2 Å². The van der Waals surface area contributed by atoms with Gasteiger partial charge in [-0.2, -0.15) is 13.2 Å². The summed E-state index contributed by atoms with van der Waals surface area (Å²) in [5.74, 6) is -0.899. The maximum absolute atomic E-state index is 12.6. The first-order valence-electron chi connectivity index (χ1n) is 6.93. The van der Waals surface area contributed by atoms with Crippen LogP contribution in [0.5, 0.6) is 5.75 Å². The molecule has 0 saturated carbocycles. The number of halogens is 3. The molecule has 1 aromatic carbocycles. The third kappa shape index (κ3) is 6.58. The lowest BCUT2D eigenvalue weighted by molar-refractivity contribution is -0.137. The minimum absolute atomic E-state index is 0.0487. The van der Waals surface area contributed by atoms with Crippen LogP contribution in [0.1, 0.15) is 19.4 Å². The standard InChI is InChI=1S/C15H19F3N2O3/c1-10(2)19-13(21)8-20(3)14(22)9-23-12-6-4-5-11(7-12)15(16,17)18/h4-7,10H,8-9H2,1-3H3,(H,19,21). The van der Waals surface area contributed by atoms with E-state index >= 15 is 0 Å². The number of nitrogens with one attached hydrogen (secondary N) is 1. The third-order valence-corrected chi connectivity index (χ3v) is 2.78. The Morgan fingerprint density at radius 3 is 2.52 bits per heavy atom. The van der Waals surface area contributed by atoms with Gasteiger partial charge >= 0.3 is 6.18 Å². The van der Waals surface area contributed by atoms with Gasteiger partial charge in [-0.25, -0.2) is 0 Å². The van der Waals surface area contributed by atoms with E-state index in [-0.39, 0.29) is 24.2 Å². The van der Waals surface area contributed by atoms with Crippen molar-refractivity contribution in [1.29, 1.82) is 0 Å². The second-order valence-electron chi connectivity index (χ2n) is 5.29. The van der Waals surface area contributed by atoms with Gasteiger partial charge in [0.15, 0.2) is 6.61 Å². The number of benzene rings is 1. The summed E-state index contributed by atoms with van der Waals surface area (Å²) in [4.78, 5) is 24.5. The van der Waals surface area contributed by atoms with E-state index in [1.807, 2.05) is 0 Å². The zero-order chi connectivity index (χ0) is 17.6. The molecule has 0 radical (unpaired) electrons. The predicted molar refractivity (Wildman–Crippen MR) is 77.9 cm³/mol. The molecule has 1 aromatic rings. The van der Waals surface area contributed by atoms with Crippen molar-refractivity contribution in [2.75, 3.05) is 20.2 Å². The average molecular weight is 332 g/mol. The molecule has 0 spiro atoms. The second-order valence-corrected chi connectivity index (χ2v) is 5.29. The number of ether oxygens (including phenoxy) is 1. The Morgan fingerprint density at radius 1 is 1.30 bits per heavy atom. The summed E-state index contributed by atoms with van der Waals surface area (Å²) in [6.45, 7) is 2.97. The van der Waals surface area contributed by atoms with Crippen molar-refractivity contribution in [3.8, 4) is 5.75 Å². The highest BCUT2D eigenvalue weighted by molar-refractivity contribution is 5.85. The predicted octanol–water partition coefficient (Wildman–Crippen LogP) is 2.07. The topological polar surface area (TPSA) is 58.6 Å². The molecule has 0 aromatic heterocycles. The van der Waals surface area contributed by atoms with E-state index < -0.39 is 24.3 Å². The minimum atomic E-state index is -4.48. The lowest BCUT2D eigenvalue weighted by Gasteiger charge is -2.18. The molecule has 0 aliphatic heterocycles. The number of nitrogens with zero attached hydrogens (tertiary/aromatic N) is 1. The summed E-state index contributed by atoms with van der Waals surface area (Å²) < 4.78 is 42.8. The molecule has 0 fully saturated rings. The molecule has 128 valence electrons. The van der Waals surface area contributed by atoms with Crippen LogP contribution in [-0.2, 0) is 15.8 Å². The molecule has 0 saturated heterocycles. The van der Waals surface area contributed by atoms with E-state index in [2.05, 4.69) is 5.32 Å². The number of carbonyl (C=O) groups is 2. The molecular formula is C15H19F3N2O3. The SMILES string of the molecule is CC(C)NC(=O)CN(C)C(=O)COc1cccc(C(F)(F)F)c1. The minimum Gasteiger partial charge on any atom is -0.484 e. The van der Waals surface area contributed by atoms with Crippen LogP contribution in [0.15, 0.2) is 24.3 Å². The molecule has 0 bridgehead atoms. The van der Waals surface area contributed by atoms with Gasteiger partial charge in [0.05, 0.1) is 12.1 Å². The Hall–Kier alpha value is -2.25. The first kappa shape index (κ1) is 18.8. The lowest BCUT2D eigenvalue weighted by Crippen LogP contribution is -2.42. The van der Waals surface area contributed by atoms with Crippen molar-refractivity contribution in [3.63, 3.8) is 0 Å². The van der Waals surface area contributed by atoms with E-state index in [1.54, 1.807) is 13.8 Å². The fourth-order valence-electron chi connectivity index (χ4n) is 1.69. The van der Waals surface area contributed by atoms with Gasteiger partial charge in [-0.15, -0.1) is 0 Å². The van der Waals surface area contributed by atoms with E-state index in [9.17, 15) is 22.8 Å². The maximum atomic E-state index is 12.6. The van der Waals surface area contributed by atoms with Crippen LogP contribution in [0, 0.1) is 0 Å². The lowest BCUT2D eigenvalue weighted by atomic mass is 10.2. The fourth-order valence-corrected chi connectivity index (χ4v) is 1.69. The summed E-state index contributed by atoms with van der Waals surface area (Å²) >= 11 is 0. The van der Waals surface area contributed by atoms with Crippen LogP contribution >= 0.6 is 0 Å². The van der Waals surface area contributed by atoms with Crippen LogP contribution in [0.2, 0.25) is 0 Å². The van der Waals surface area contributed by atoms with Gasteiger partial charge in [0.1, 0.15) is 5.75 Å². The average Bonchev–Trinajstić information content (AvgIpc) is 2.43. The van der Waals surface area contributed by atoms with Crippen LogP contribution < -0.4 is 10.1 Å².